The summed E-state index contributed by atoms with van der Waals surface area (Å²) in [5, 5.41) is 8.96. The first-order valence-electron chi connectivity index (χ1n) is 7.24. The number of hydrogen-bond acceptors (Lipinski definition) is 3. The highest BCUT2D eigenvalue weighted by molar-refractivity contribution is 4.91. The first-order valence-corrected chi connectivity index (χ1v) is 7.24. The normalized spacial score (nSPS) is 21.4. The highest BCUT2D eigenvalue weighted by atomic mass is 15.2. The van der Waals surface area contributed by atoms with Gasteiger partial charge in [0.1, 0.15) is 0 Å². The summed E-state index contributed by atoms with van der Waals surface area (Å²) in [6.07, 6.45) is 6.08. The third kappa shape index (κ3) is 5.37. The molecule has 1 aliphatic heterocycles. The van der Waals surface area contributed by atoms with Crippen LogP contribution >= 0.6 is 0 Å². The SMILES string of the molecule is CN(CCCCC(C)(C)C#N)CC1CCCN1C. The molecule has 0 aromatic heterocycles. The van der Waals surface area contributed by atoms with Gasteiger partial charge in [-0.2, -0.15) is 5.26 Å². The van der Waals surface area contributed by atoms with Crippen molar-refractivity contribution < 1.29 is 0 Å². The minimum Gasteiger partial charge on any atom is -0.305 e. The van der Waals surface area contributed by atoms with Gasteiger partial charge >= 0.3 is 0 Å². The summed E-state index contributed by atoms with van der Waals surface area (Å²) in [6.45, 7) is 7.67. The van der Waals surface area contributed by atoms with Gasteiger partial charge in [-0.05, 0) is 66.7 Å². The van der Waals surface area contributed by atoms with Gasteiger partial charge in [-0.3, -0.25) is 0 Å². The Morgan fingerprint density at radius 3 is 2.67 bits per heavy atom. The van der Waals surface area contributed by atoms with Gasteiger partial charge in [0.15, 0.2) is 0 Å². The molecular formula is C15H29N3. The van der Waals surface area contributed by atoms with E-state index in [1.807, 2.05) is 13.8 Å². The van der Waals surface area contributed by atoms with Crippen LogP contribution in [0.3, 0.4) is 0 Å². The summed E-state index contributed by atoms with van der Waals surface area (Å²) < 4.78 is 0. The van der Waals surface area contributed by atoms with Crippen molar-refractivity contribution in [2.75, 3.05) is 33.7 Å². The number of rotatable bonds is 7. The molecule has 3 heteroatoms. The van der Waals surface area contributed by atoms with Crippen molar-refractivity contribution in [1.29, 1.82) is 5.26 Å². The number of likely N-dealkylation sites (tertiary alicyclic amines) is 1. The maximum atomic E-state index is 8.96. The fourth-order valence-corrected chi connectivity index (χ4v) is 2.67. The quantitative estimate of drug-likeness (QED) is 0.652. The van der Waals surface area contributed by atoms with Crippen LogP contribution in [0.5, 0.6) is 0 Å². The van der Waals surface area contributed by atoms with E-state index in [4.69, 9.17) is 5.26 Å². The summed E-state index contributed by atoms with van der Waals surface area (Å²) >= 11 is 0. The van der Waals surface area contributed by atoms with Gasteiger partial charge in [0.05, 0.1) is 11.5 Å². The predicted octanol–water partition coefficient (Wildman–Crippen LogP) is 2.73. The average molecular weight is 251 g/mol. The van der Waals surface area contributed by atoms with Crippen molar-refractivity contribution >= 4 is 0 Å². The predicted molar refractivity (Wildman–Crippen MR) is 76.4 cm³/mol. The van der Waals surface area contributed by atoms with Gasteiger partial charge in [0, 0.05) is 12.6 Å². The highest BCUT2D eigenvalue weighted by Crippen LogP contribution is 2.21. The van der Waals surface area contributed by atoms with Crippen molar-refractivity contribution in [1.82, 2.24) is 9.80 Å². The Kier molecular flexibility index (Phi) is 6.11. The van der Waals surface area contributed by atoms with Crippen molar-refractivity contribution in [2.24, 2.45) is 5.41 Å². The van der Waals surface area contributed by atoms with Gasteiger partial charge in [0.2, 0.25) is 0 Å². The number of nitriles is 1. The lowest BCUT2D eigenvalue weighted by Crippen LogP contribution is -2.37. The summed E-state index contributed by atoms with van der Waals surface area (Å²) in [6, 6.07) is 3.13. The molecule has 3 nitrogen and oxygen atoms in total. The second-order valence-electron chi connectivity index (χ2n) is 6.49. The minimum absolute atomic E-state index is 0.149. The zero-order chi connectivity index (χ0) is 13.6. The van der Waals surface area contributed by atoms with Gasteiger partial charge in [-0.15, -0.1) is 0 Å². The van der Waals surface area contributed by atoms with E-state index in [1.165, 1.54) is 32.4 Å². The summed E-state index contributed by atoms with van der Waals surface area (Å²) in [7, 11) is 4.46. The first-order chi connectivity index (χ1) is 8.44. The molecule has 1 rings (SSSR count). The number of nitrogens with zero attached hydrogens (tertiary/aromatic N) is 3. The number of unbranched alkanes of at least 4 members (excludes halogenated alkanes) is 1. The molecular weight excluding hydrogens is 222 g/mol. The molecule has 0 aliphatic carbocycles. The molecule has 1 fully saturated rings. The standard InChI is InChI=1S/C15H29N3/c1-15(2,13-16)9-5-6-10-17(3)12-14-8-7-11-18(14)4/h14H,5-12H2,1-4H3. The zero-order valence-corrected chi connectivity index (χ0v) is 12.6. The van der Waals surface area contributed by atoms with E-state index < -0.39 is 0 Å². The molecule has 1 atom stereocenters. The zero-order valence-electron chi connectivity index (χ0n) is 12.6. The van der Waals surface area contributed by atoms with E-state index >= 15 is 0 Å². The van der Waals surface area contributed by atoms with Crippen LogP contribution in [0.15, 0.2) is 0 Å². The summed E-state index contributed by atoms with van der Waals surface area (Å²) in [5.41, 5.74) is -0.149. The van der Waals surface area contributed by atoms with Crippen LogP contribution < -0.4 is 0 Å². The Bertz CT molecular complexity index is 280. The van der Waals surface area contributed by atoms with Crippen LogP contribution in [0.25, 0.3) is 0 Å². The molecule has 0 amide bonds. The molecule has 1 unspecified atom stereocenters. The van der Waals surface area contributed by atoms with Crippen LogP contribution in [0, 0.1) is 16.7 Å². The molecule has 0 radical (unpaired) electrons. The van der Waals surface area contributed by atoms with Gasteiger partial charge in [-0.25, -0.2) is 0 Å². The number of likely N-dealkylation sites (N-methyl/N-ethyl adjacent to an activating group) is 2. The van der Waals surface area contributed by atoms with Crippen LogP contribution in [0.4, 0.5) is 0 Å². The van der Waals surface area contributed by atoms with Crippen molar-refractivity contribution in [3.63, 3.8) is 0 Å². The Labute approximate surface area is 113 Å². The molecule has 18 heavy (non-hydrogen) atoms. The van der Waals surface area contributed by atoms with Crippen LogP contribution in [-0.2, 0) is 0 Å². The van der Waals surface area contributed by atoms with Crippen molar-refractivity contribution in [3.8, 4) is 6.07 Å². The molecule has 1 saturated heterocycles. The Morgan fingerprint density at radius 2 is 2.11 bits per heavy atom. The Morgan fingerprint density at radius 1 is 1.39 bits per heavy atom. The van der Waals surface area contributed by atoms with E-state index in [0.717, 1.165) is 25.4 Å². The van der Waals surface area contributed by atoms with E-state index in [9.17, 15) is 0 Å². The third-order valence-corrected chi connectivity index (χ3v) is 4.09. The lowest BCUT2D eigenvalue weighted by Gasteiger charge is -2.26. The lowest BCUT2D eigenvalue weighted by atomic mass is 9.89. The van der Waals surface area contributed by atoms with E-state index in [0.29, 0.717) is 0 Å². The molecule has 0 bridgehead atoms. The molecule has 0 aromatic carbocycles. The maximum Gasteiger partial charge on any atom is 0.0683 e. The topological polar surface area (TPSA) is 30.3 Å². The van der Waals surface area contributed by atoms with E-state index in [2.05, 4.69) is 30.0 Å². The Hall–Kier alpha value is -0.590. The summed E-state index contributed by atoms with van der Waals surface area (Å²) in [4.78, 5) is 4.93. The highest BCUT2D eigenvalue weighted by Gasteiger charge is 2.22. The maximum absolute atomic E-state index is 8.96. The first kappa shape index (κ1) is 15.5. The molecule has 0 spiro atoms. The smallest absolute Gasteiger partial charge is 0.0683 e. The minimum atomic E-state index is -0.149. The lowest BCUT2D eigenvalue weighted by molar-refractivity contribution is 0.216. The fourth-order valence-electron chi connectivity index (χ4n) is 2.67. The second kappa shape index (κ2) is 7.11. The van der Waals surface area contributed by atoms with Gasteiger partial charge in [-0.1, -0.05) is 6.42 Å². The van der Waals surface area contributed by atoms with E-state index in [-0.39, 0.29) is 5.41 Å². The average Bonchev–Trinajstić information content (AvgIpc) is 2.71. The monoisotopic (exact) mass is 251 g/mol. The molecule has 1 aliphatic rings. The van der Waals surface area contributed by atoms with Crippen LogP contribution in [-0.4, -0.2) is 49.6 Å². The third-order valence-electron chi connectivity index (χ3n) is 4.09. The largest absolute Gasteiger partial charge is 0.305 e. The molecule has 0 saturated carbocycles. The summed E-state index contributed by atoms with van der Waals surface area (Å²) in [5.74, 6) is 0. The molecule has 0 N–H and O–H groups in total. The molecule has 0 aromatic rings. The van der Waals surface area contributed by atoms with Crippen molar-refractivity contribution in [2.45, 2.75) is 52.0 Å². The fraction of sp³-hybridized carbons (Fsp3) is 0.933. The molecule has 104 valence electrons. The van der Waals surface area contributed by atoms with Gasteiger partial charge < -0.3 is 9.80 Å². The van der Waals surface area contributed by atoms with Crippen molar-refractivity contribution in [3.05, 3.63) is 0 Å². The Balaban J connectivity index is 2.10. The van der Waals surface area contributed by atoms with E-state index in [1.54, 1.807) is 0 Å². The molecule has 1 heterocycles. The van der Waals surface area contributed by atoms with Crippen LogP contribution in [0.2, 0.25) is 0 Å². The second-order valence-corrected chi connectivity index (χ2v) is 6.49. The van der Waals surface area contributed by atoms with Gasteiger partial charge in [0.25, 0.3) is 0 Å². The number of hydrogen-bond donors (Lipinski definition) is 0. The van der Waals surface area contributed by atoms with Crippen LogP contribution in [0.1, 0.15) is 46.0 Å².